The fraction of sp³-hybridized carbons (Fsp3) is 0.217. The van der Waals surface area contributed by atoms with E-state index in [1.165, 1.54) is 16.7 Å². The molecule has 1 aliphatic rings. The van der Waals surface area contributed by atoms with Crippen molar-refractivity contribution in [3.05, 3.63) is 65.3 Å². The van der Waals surface area contributed by atoms with Gasteiger partial charge in [0, 0.05) is 5.75 Å². The zero-order chi connectivity index (χ0) is 22.4. The van der Waals surface area contributed by atoms with Gasteiger partial charge in [0.1, 0.15) is 11.4 Å². The van der Waals surface area contributed by atoms with Gasteiger partial charge in [0.05, 0.1) is 31.5 Å². The molecule has 31 heavy (non-hydrogen) atoms. The van der Waals surface area contributed by atoms with Crippen LogP contribution in [0.1, 0.15) is 12.5 Å². The van der Waals surface area contributed by atoms with Crippen LogP contribution in [0.15, 0.2) is 59.7 Å². The van der Waals surface area contributed by atoms with Crippen molar-refractivity contribution < 1.29 is 19.0 Å². The lowest BCUT2D eigenvalue weighted by atomic mass is 10.1. The van der Waals surface area contributed by atoms with Crippen molar-refractivity contribution in [2.75, 3.05) is 31.5 Å². The van der Waals surface area contributed by atoms with Crippen molar-refractivity contribution in [3.8, 4) is 17.2 Å². The molecule has 0 aliphatic carbocycles. The largest absolute Gasteiger partial charge is 0.495 e. The van der Waals surface area contributed by atoms with Crippen LogP contribution < -0.4 is 19.1 Å². The normalized spacial score (nSPS) is 14.6. The summed E-state index contributed by atoms with van der Waals surface area (Å²) in [6.45, 7) is 6.18. The van der Waals surface area contributed by atoms with E-state index >= 15 is 0 Å². The number of carbonyl (C=O) groups is 1. The molecule has 0 spiro atoms. The summed E-state index contributed by atoms with van der Waals surface area (Å²) in [5.41, 5.74) is 1.69. The standard InChI is InChI=1S/C23H23ClN2O4S/c1-5-11-31-23-25-18(12-15-7-9-20(30-6-2)21(13-15)29-4)22(27)26(23)16-8-10-19(28-3)17(24)14-16/h5,7-10,12-14H,1,6,11H2,2-4H3. The van der Waals surface area contributed by atoms with E-state index in [1.807, 2.05) is 25.1 Å². The molecule has 0 N–H and O–H groups in total. The van der Waals surface area contributed by atoms with Gasteiger partial charge in [-0.05, 0) is 48.9 Å². The van der Waals surface area contributed by atoms with E-state index in [1.54, 1.807) is 44.6 Å². The average molecular weight is 459 g/mol. The first-order chi connectivity index (χ1) is 15.0. The highest BCUT2D eigenvalue weighted by Gasteiger charge is 2.32. The third kappa shape index (κ3) is 5.06. The van der Waals surface area contributed by atoms with Gasteiger partial charge in [-0.3, -0.25) is 9.69 Å². The average Bonchev–Trinajstić information content (AvgIpc) is 3.08. The maximum Gasteiger partial charge on any atom is 0.283 e. The first-order valence-electron chi connectivity index (χ1n) is 9.55. The smallest absolute Gasteiger partial charge is 0.283 e. The molecule has 6 nitrogen and oxygen atoms in total. The molecule has 2 aromatic carbocycles. The Bertz CT molecular complexity index is 1050. The lowest BCUT2D eigenvalue weighted by Crippen LogP contribution is -2.30. The maximum atomic E-state index is 13.2. The van der Waals surface area contributed by atoms with Crippen LogP contribution in [0.25, 0.3) is 6.08 Å². The van der Waals surface area contributed by atoms with Crippen molar-refractivity contribution in [1.29, 1.82) is 0 Å². The fourth-order valence-electron chi connectivity index (χ4n) is 2.96. The van der Waals surface area contributed by atoms with E-state index in [4.69, 9.17) is 25.8 Å². The van der Waals surface area contributed by atoms with Crippen LogP contribution in [-0.2, 0) is 4.79 Å². The second-order valence-corrected chi connectivity index (χ2v) is 7.72. The summed E-state index contributed by atoms with van der Waals surface area (Å²) in [6, 6.07) is 10.7. The van der Waals surface area contributed by atoms with Gasteiger partial charge in [0.2, 0.25) is 0 Å². The molecule has 162 valence electrons. The number of nitrogens with zero attached hydrogens (tertiary/aromatic N) is 2. The molecule has 1 heterocycles. The monoisotopic (exact) mass is 458 g/mol. The Labute approximate surface area is 191 Å². The minimum atomic E-state index is -0.249. The Morgan fingerprint density at radius 1 is 1.13 bits per heavy atom. The number of anilines is 1. The Morgan fingerprint density at radius 3 is 2.52 bits per heavy atom. The summed E-state index contributed by atoms with van der Waals surface area (Å²) in [4.78, 5) is 19.4. The highest BCUT2D eigenvalue weighted by molar-refractivity contribution is 8.14. The number of ether oxygens (including phenoxy) is 3. The molecule has 0 atom stereocenters. The molecule has 1 aliphatic heterocycles. The summed E-state index contributed by atoms with van der Waals surface area (Å²) in [5.74, 6) is 2.12. The number of aliphatic imine (C=N–C) groups is 1. The Kier molecular flexibility index (Phi) is 7.65. The maximum absolute atomic E-state index is 13.2. The summed E-state index contributed by atoms with van der Waals surface area (Å²) in [5, 5.41) is 0.963. The number of hydrogen-bond donors (Lipinski definition) is 0. The first kappa shape index (κ1) is 22.8. The highest BCUT2D eigenvalue weighted by atomic mass is 35.5. The molecule has 0 fully saturated rings. The second-order valence-electron chi connectivity index (χ2n) is 6.33. The van der Waals surface area contributed by atoms with Gasteiger partial charge in [-0.1, -0.05) is 35.5 Å². The third-order valence-electron chi connectivity index (χ3n) is 4.34. The number of amides is 1. The van der Waals surface area contributed by atoms with Gasteiger partial charge in [-0.15, -0.1) is 6.58 Å². The second kappa shape index (κ2) is 10.4. The predicted octanol–water partition coefficient (Wildman–Crippen LogP) is 5.42. The van der Waals surface area contributed by atoms with Crippen molar-refractivity contribution in [3.63, 3.8) is 0 Å². The van der Waals surface area contributed by atoms with E-state index in [9.17, 15) is 4.79 Å². The molecular formula is C23H23ClN2O4S. The number of amidine groups is 1. The van der Waals surface area contributed by atoms with Crippen LogP contribution in [-0.4, -0.2) is 37.7 Å². The molecule has 0 saturated carbocycles. The zero-order valence-corrected chi connectivity index (χ0v) is 19.1. The number of rotatable bonds is 8. The van der Waals surface area contributed by atoms with Gasteiger partial charge in [-0.2, -0.15) is 0 Å². The predicted molar refractivity (Wildman–Crippen MR) is 128 cm³/mol. The van der Waals surface area contributed by atoms with Crippen LogP contribution in [0, 0.1) is 0 Å². The van der Waals surface area contributed by atoms with Gasteiger partial charge >= 0.3 is 0 Å². The topological polar surface area (TPSA) is 60.4 Å². The van der Waals surface area contributed by atoms with E-state index in [0.717, 1.165) is 5.56 Å². The number of carbonyl (C=O) groups excluding carboxylic acids is 1. The minimum Gasteiger partial charge on any atom is -0.495 e. The van der Waals surface area contributed by atoms with E-state index in [2.05, 4.69) is 11.6 Å². The summed E-state index contributed by atoms with van der Waals surface area (Å²) in [7, 11) is 3.12. The number of halogens is 1. The summed E-state index contributed by atoms with van der Waals surface area (Å²) < 4.78 is 16.2. The van der Waals surface area contributed by atoms with Gasteiger partial charge in [0.25, 0.3) is 5.91 Å². The van der Waals surface area contributed by atoms with Crippen LogP contribution in [0.5, 0.6) is 17.2 Å². The van der Waals surface area contributed by atoms with Gasteiger partial charge in [0.15, 0.2) is 16.7 Å². The molecule has 0 unspecified atom stereocenters. The van der Waals surface area contributed by atoms with Gasteiger partial charge < -0.3 is 14.2 Å². The third-order valence-corrected chi connectivity index (χ3v) is 5.57. The SMILES string of the molecule is C=CCSC1=NC(=Cc2ccc(OCC)c(OC)c2)C(=O)N1c1ccc(OC)c(Cl)c1. The molecule has 3 rings (SSSR count). The number of methoxy groups -OCH3 is 2. The molecule has 0 aromatic heterocycles. The highest BCUT2D eigenvalue weighted by Crippen LogP contribution is 2.35. The van der Waals surface area contributed by atoms with Crippen molar-refractivity contribution in [2.24, 2.45) is 4.99 Å². The lowest BCUT2D eigenvalue weighted by molar-refractivity contribution is -0.113. The molecule has 0 saturated heterocycles. The Hall–Kier alpha value is -2.90. The fourth-order valence-corrected chi connectivity index (χ4v) is 3.95. The Morgan fingerprint density at radius 2 is 1.87 bits per heavy atom. The van der Waals surface area contributed by atoms with Gasteiger partial charge in [-0.25, -0.2) is 4.99 Å². The van der Waals surface area contributed by atoms with Crippen LogP contribution >= 0.6 is 23.4 Å². The zero-order valence-electron chi connectivity index (χ0n) is 17.6. The first-order valence-corrected chi connectivity index (χ1v) is 10.9. The molecule has 0 bridgehead atoms. The van der Waals surface area contributed by atoms with Crippen molar-refractivity contribution in [2.45, 2.75) is 6.92 Å². The molecule has 2 aromatic rings. The van der Waals surface area contributed by atoms with E-state index in [-0.39, 0.29) is 5.91 Å². The number of thioether (sulfide) groups is 1. The van der Waals surface area contributed by atoms with Crippen LogP contribution in [0.2, 0.25) is 5.02 Å². The molecular weight excluding hydrogens is 436 g/mol. The molecule has 1 amide bonds. The van der Waals surface area contributed by atoms with Crippen LogP contribution in [0.4, 0.5) is 5.69 Å². The minimum absolute atomic E-state index is 0.249. The van der Waals surface area contributed by atoms with Crippen molar-refractivity contribution >= 4 is 46.2 Å². The Balaban J connectivity index is 1.98. The number of benzene rings is 2. The lowest BCUT2D eigenvalue weighted by Gasteiger charge is -2.18. The van der Waals surface area contributed by atoms with Crippen LogP contribution in [0.3, 0.4) is 0 Å². The van der Waals surface area contributed by atoms with Crippen molar-refractivity contribution in [1.82, 2.24) is 0 Å². The van der Waals surface area contributed by atoms with E-state index < -0.39 is 0 Å². The molecule has 8 heteroatoms. The summed E-state index contributed by atoms with van der Waals surface area (Å²) >= 11 is 7.70. The molecule has 0 radical (unpaired) electrons. The van der Waals surface area contributed by atoms with E-state index in [0.29, 0.717) is 51.2 Å². The summed E-state index contributed by atoms with van der Waals surface area (Å²) in [6.07, 6.45) is 3.48. The number of hydrogen-bond acceptors (Lipinski definition) is 6. The quantitative estimate of drug-likeness (QED) is 0.390.